The van der Waals surface area contributed by atoms with Crippen molar-refractivity contribution in [2.75, 3.05) is 19.0 Å². The van der Waals surface area contributed by atoms with E-state index >= 15 is 0 Å². The van der Waals surface area contributed by atoms with E-state index in [2.05, 4.69) is 0 Å². The molecular weight excluding hydrogens is 324 g/mol. The minimum absolute atomic E-state index is 0.0144. The van der Waals surface area contributed by atoms with E-state index in [0.29, 0.717) is 12.1 Å². The average Bonchev–Trinajstić information content (AvgIpc) is 2.55. The van der Waals surface area contributed by atoms with Crippen LogP contribution in [0.25, 0.3) is 0 Å². The lowest BCUT2D eigenvalue weighted by Crippen LogP contribution is -2.31. The van der Waals surface area contributed by atoms with Crippen molar-refractivity contribution in [1.82, 2.24) is 4.90 Å². The van der Waals surface area contributed by atoms with Crippen LogP contribution >= 0.6 is 0 Å². The zero-order valence-corrected chi connectivity index (χ0v) is 14.9. The molecule has 5 nitrogen and oxygen atoms in total. The van der Waals surface area contributed by atoms with E-state index in [1.54, 1.807) is 48.3 Å². The molecule has 2 aromatic carbocycles. The summed E-state index contributed by atoms with van der Waals surface area (Å²) in [5.41, 5.74) is 8.10. The summed E-state index contributed by atoms with van der Waals surface area (Å²) in [6, 6.07) is 13.7. The van der Waals surface area contributed by atoms with Crippen LogP contribution in [0.3, 0.4) is 0 Å². The number of likely N-dealkylation sites (N-methyl/N-ethyl adjacent to an activating group) is 1. The van der Waals surface area contributed by atoms with Crippen LogP contribution < -0.4 is 5.73 Å². The third-order valence-corrected chi connectivity index (χ3v) is 5.23. The van der Waals surface area contributed by atoms with Crippen molar-refractivity contribution in [2.45, 2.75) is 24.3 Å². The molecule has 1 amide bonds. The van der Waals surface area contributed by atoms with Crippen LogP contribution in [0.1, 0.15) is 24.1 Å². The van der Waals surface area contributed by atoms with Gasteiger partial charge >= 0.3 is 0 Å². The molecule has 24 heavy (non-hydrogen) atoms. The molecular formula is C18H22N2O3S. The van der Waals surface area contributed by atoms with Gasteiger partial charge in [0.1, 0.15) is 0 Å². The van der Waals surface area contributed by atoms with Gasteiger partial charge in [-0.05, 0) is 42.3 Å². The summed E-state index contributed by atoms with van der Waals surface area (Å²) in [6.45, 7) is 1.91. The Morgan fingerprint density at radius 1 is 1.08 bits per heavy atom. The number of nitrogens with two attached hydrogens (primary N) is 1. The Labute approximate surface area is 143 Å². The Kier molecular flexibility index (Phi) is 5.29. The van der Waals surface area contributed by atoms with Crippen molar-refractivity contribution in [3.63, 3.8) is 0 Å². The summed E-state index contributed by atoms with van der Waals surface area (Å²) in [5, 5.41) is 0. The SMILES string of the molecule is CC(c1ccc(S(C)(=O)=O)cc1)N(C)C(=O)Cc1ccc(N)cc1. The first-order chi connectivity index (χ1) is 11.2. The molecule has 128 valence electrons. The Balaban J connectivity index is 2.09. The molecule has 1 atom stereocenters. The van der Waals surface area contributed by atoms with E-state index in [-0.39, 0.29) is 16.8 Å². The summed E-state index contributed by atoms with van der Waals surface area (Å²) < 4.78 is 23.0. The number of anilines is 1. The standard InChI is InChI=1S/C18H22N2O3S/c1-13(15-6-10-17(11-7-15)24(3,22)23)20(2)18(21)12-14-4-8-16(19)9-5-14/h4-11,13H,12,19H2,1-3H3. The van der Waals surface area contributed by atoms with E-state index in [1.807, 2.05) is 19.1 Å². The lowest BCUT2D eigenvalue weighted by Gasteiger charge is -2.25. The van der Waals surface area contributed by atoms with Gasteiger partial charge in [-0.15, -0.1) is 0 Å². The van der Waals surface area contributed by atoms with Crippen molar-refractivity contribution < 1.29 is 13.2 Å². The number of sulfone groups is 1. The highest BCUT2D eigenvalue weighted by Gasteiger charge is 2.18. The molecule has 2 rings (SSSR count). The molecule has 2 N–H and O–H groups in total. The van der Waals surface area contributed by atoms with Crippen LogP contribution in [-0.2, 0) is 21.1 Å². The maximum atomic E-state index is 12.4. The van der Waals surface area contributed by atoms with Crippen LogP contribution in [0.15, 0.2) is 53.4 Å². The zero-order valence-electron chi connectivity index (χ0n) is 14.1. The molecule has 0 aromatic heterocycles. The highest BCUT2D eigenvalue weighted by molar-refractivity contribution is 7.90. The third-order valence-electron chi connectivity index (χ3n) is 4.10. The first-order valence-corrected chi connectivity index (χ1v) is 9.47. The molecule has 0 aliphatic heterocycles. The van der Waals surface area contributed by atoms with Crippen molar-refractivity contribution in [3.8, 4) is 0 Å². The number of benzene rings is 2. The summed E-state index contributed by atoms with van der Waals surface area (Å²) in [7, 11) is -1.47. The van der Waals surface area contributed by atoms with Gasteiger partial charge in [0.15, 0.2) is 9.84 Å². The summed E-state index contributed by atoms with van der Waals surface area (Å²) in [6.07, 6.45) is 1.47. The number of rotatable bonds is 5. The second kappa shape index (κ2) is 7.05. The van der Waals surface area contributed by atoms with Crippen LogP contribution in [-0.4, -0.2) is 32.5 Å². The fraction of sp³-hybridized carbons (Fsp3) is 0.278. The maximum Gasteiger partial charge on any atom is 0.227 e. The molecule has 0 aliphatic carbocycles. The number of nitrogens with zero attached hydrogens (tertiary/aromatic N) is 1. The van der Waals surface area contributed by atoms with E-state index in [4.69, 9.17) is 5.73 Å². The van der Waals surface area contributed by atoms with E-state index < -0.39 is 9.84 Å². The monoisotopic (exact) mass is 346 g/mol. The lowest BCUT2D eigenvalue weighted by molar-refractivity contribution is -0.131. The van der Waals surface area contributed by atoms with Crippen LogP contribution in [0.4, 0.5) is 5.69 Å². The number of carbonyl (C=O) groups is 1. The molecule has 0 bridgehead atoms. The fourth-order valence-electron chi connectivity index (χ4n) is 2.37. The summed E-state index contributed by atoms with van der Waals surface area (Å²) in [5.74, 6) is -0.0144. The van der Waals surface area contributed by atoms with Gasteiger partial charge in [-0.2, -0.15) is 0 Å². The molecule has 0 aliphatic rings. The second-order valence-corrected chi connectivity index (χ2v) is 7.96. The molecule has 0 spiro atoms. The smallest absolute Gasteiger partial charge is 0.227 e. The van der Waals surface area contributed by atoms with Gasteiger partial charge in [-0.3, -0.25) is 4.79 Å². The Hall–Kier alpha value is -2.34. The highest BCUT2D eigenvalue weighted by atomic mass is 32.2. The molecule has 1 unspecified atom stereocenters. The van der Waals surface area contributed by atoms with Crippen LogP contribution in [0, 0.1) is 0 Å². The number of hydrogen-bond acceptors (Lipinski definition) is 4. The normalized spacial score (nSPS) is 12.6. The fourth-order valence-corrected chi connectivity index (χ4v) is 3.00. The maximum absolute atomic E-state index is 12.4. The van der Waals surface area contributed by atoms with Crippen LogP contribution in [0.2, 0.25) is 0 Å². The Bertz CT molecular complexity index is 812. The first-order valence-electron chi connectivity index (χ1n) is 7.58. The number of amides is 1. The lowest BCUT2D eigenvalue weighted by atomic mass is 10.1. The van der Waals surface area contributed by atoms with Gasteiger partial charge in [0, 0.05) is 19.0 Å². The third kappa shape index (κ3) is 4.35. The van der Waals surface area contributed by atoms with E-state index in [9.17, 15) is 13.2 Å². The molecule has 0 heterocycles. The van der Waals surface area contributed by atoms with Gasteiger partial charge in [0.05, 0.1) is 17.4 Å². The number of hydrogen-bond donors (Lipinski definition) is 1. The predicted octanol–water partition coefficient (Wildman–Crippen LogP) is 2.43. The molecule has 6 heteroatoms. The quantitative estimate of drug-likeness (QED) is 0.843. The van der Waals surface area contributed by atoms with Crippen molar-refractivity contribution in [1.29, 1.82) is 0 Å². The van der Waals surface area contributed by atoms with Gasteiger partial charge < -0.3 is 10.6 Å². The van der Waals surface area contributed by atoms with Gasteiger partial charge in [-0.1, -0.05) is 24.3 Å². The minimum atomic E-state index is -3.22. The van der Waals surface area contributed by atoms with E-state index in [1.165, 1.54) is 6.26 Å². The van der Waals surface area contributed by atoms with Crippen molar-refractivity contribution in [2.24, 2.45) is 0 Å². The largest absolute Gasteiger partial charge is 0.399 e. The second-order valence-electron chi connectivity index (χ2n) is 5.94. The summed E-state index contributed by atoms with van der Waals surface area (Å²) in [4.78, 5) is 14.4. The minimum Gasteiger partial charge on any atom is -0.399 e. The topological polar surface area (TPSA) is 80.5 Å². The first kappa shape index (κ1) is 18.0. The van der Waals surface area contributed by atoms with Crippen LogP contribution in [0.5, 0.6) is 0 Å². The molecule has 0 fully saturated rings. The van der Waals surface area contributed by atoms with Gasteiger partial charge in [0.25, 0.3) is 0 Å². The van der Waals surface area contributed by atoms with Gasteiger partial charge in [-0.25, -0.2) is 8.42 Å². The van der Waals surface area contributed by atoms with Crippen molar-refractivity contribution >= 4 is 21.4 Å². The highest BCUT2D eigenvalue weighted by Crippen LogP contribution is 2.21. The molecule has 0 saturated carbocycles. The predicted molar refractivity (Wildman–Crippen MR) is 95.3 cm³/mol. The number of carbonyl (C=O) groups excluding carboxylic acids is 1. The zero-order chi connectivity index (χ0) is 17.9. The summed E-state index contributed by atoms with van der Waals surface area (Å²) >= 11 is 0. The molecule has 0 radical (unpaired) electrons. The Morgan fingerprint density at radius 2 is 1.62 bits per heavy atom. The van der Waals surface area contributed by atoms with Crippen molar-refractivity contribution in [3.05, 3.63) is 59.7 Å². The molecule has 2 aromatic rings. The van der Waals surface area contributed by atoms with Gasteiger partial charge in [0.2, 0.25) is 5.91 Å². The number of nitrogen functional groups attached to an aromatic ring is 1. The Morgan fingerprint density at radius 3 is 2.12 bits per heavy atom. The average molecular weight is 346 g/mol. The molecule has 0 saturated heterocycles. The van der Waals surface area contributed by atoms with E-state index in [0.717, 1.165) is 11.1 Å².